The van der Waals surface area contributed by atoms with Crippen molar-refractivity contribution >= 4 is 11.6 Å². The first-order valence-corrected chi connectivity index (χ1v) is 10.1. The molecule has 0 saturated heterocycles. The highest BCUT2D eigenvalue weighted by Gasteiger charge is 2.68. The van der Waals surface area contributed by atoms with Crippen molar-refractivity contribution in [2.75, 3.05) is 0 Å². The molecule has 8 atom stereocenters. The molecule has 0 aromatic carbocycles. The number of fused-ring (bicyclic) bond motifs is 5. The van der Waals surface area contributed by atoms with Gasteiger partial charge < -0.3 is 10.2 Å². The van der Waals surface area contributed by atoms with Crippen LogP contribution in [0.3, 0.4) is 0 Å². The van der Waals surface area contributed by atoms with Crippen molar-refractivity contribution in [3.05, 3.63) is 0 Å². The van der Waals surface area contributed by atoms with E-state index in [0.717, 1.165) is 38.5 Å². The molecule has 0 aromatic heterocycles. The molecule has 0 unspecified atom stereocenters. The van der Waals surface area contributed by atoms with E-state index in [1.807, 2.05) is 6.92 Å². The van der Waals surface area contributed by atoms with Gasteiger partial charge in [-0.1, -0.05) is 13.8 Å². The van der Waals surface area contributed by atoms with Crippen LogP contribution in [0.25, 0.3) is 0 Å². The van der Waals surface area contributed by atoms with Gasteiger partial charge in [0.15, 0.2) is 5.78 Å². The topological polar surface area (TPSA) is 74.6 Å². The van der Waals surface area contributed by atoms with Crippen LogP contribution in [0, 0.1) is 34.5 Å². The normalized spacial score (nSPS) is 55.2. The van der Waals surface area contributed by atoms with Gasteiger partial charge in [0, 0.05) is 17.8 Å². The third-order valence-electron chi connectivity index (χ3n) is 9.06. The monoisotopic (exact) mass is 348 g/mol. The average molecular weight is 348 g/mol. The molecule has 25 heavy (non-hydrogen) atoms. The van der Waals surface area contributed by atoms with E-state index in [-0.39, 0.29) is 40.8 Å². The van der Waals surface area contributed by atoms with Crippen LogP contribution in [-0.4, -0.2) is 33.5 Å². The standard InChI is InChI=1S/C21H32O4/c1-12(22)21(25)9-7-16-15-5-4-13-10-14(23)6-8-19(13,2)18(15)17(24)11-20(16,21)3/h13-16,18,23,25H,4-11H2,1-3H3/t13-,14+,15+,16+,18-,19+,20+,21-/m1/s1. The van der Waals surface area contributed by atoms with Gasteiger partial charge in [-0.05, 0) is 75.0 Å². The summed E-state index contributed by atoms with van der Waals surface area (Å²) < 4.78 is 0. The molecule has 4 aliphatic rings. The van der Waals surface area contributed by atoms with Gasteiger partial charge in [0.25, 0.3) is 0 Å². The van der Waals surface area contributed by atoms with Crippen LogP contribution in [0.4, 0.5) is 0 Å². The lowest BCUT2D eigenvalue weighted by atomic mass is 9.44. The Balaban J connectivity index is 1.71. The fourth-order valence-electron chi connectivity index (χ4n) is 7.63. The number of aliphatic hydroxyl groups excluding tert-OH is 1. The molecule has 0 heterocycles. The zero-order valence-corrected chi connectivity index (χ0v) is 15.8. The van der Waals surface area contributed by atoms with E-state index in [1.54, 1.807) is 0 Å². The molecular weight excluding hydrogens is 316 g/mol. The number of Topliss-reactive ketones (excluding diaryl/α,β-unsaturated/α-hetero) is 2. The minimum atomic E-state index is -1.33. The summed E-state index contributed by atoms with van der Waals surface area (Å²) in [4.78, 5) is 25.6. The van der Waals surface area contributed by atoms with Gasteiger partial charge in [-0.15, -0.1) is 0 Å². The molecule has 2 N–H and O–H groups in total. The van der Waals surface area contributed by atoms with Crippen LogP contribution in [-0.2, 0) is 9.59 Å². The lowest BCUT2D eigenvalue weighted by molar-refractivity contribution is -0.178. The van der Waals surface area contributed by atoms with Crippen LogP contribution in [0.15, 0.2) is 0 Å². The second-order valence-electron chi connectivity index (χ2n) is 9.97. The highest BCUT2D eigenvalue weighted by molar-refractivity contribution is 5.90. The predicted molar refractivity (Wildman–Crippen MR) is 93.8 cm³/mol. The molecule has 0 spiro atoms. The van der Waals surface area contributed by atoms with Gasteiger partial charge >= 0.3 is 0 Å². The molecule has 4 heteroatoms. The first-order valence-electron chi connectivity index (χ1n) is 10.1. The fourth-order valence-corrected chi connectivity index (χ4v) is 7.63. The number of carbonyl (C=O) groups excluding carboxylic acids is 2. The van der Waals surface area contributed by atoms with Gasteiger partial charge in [-0.3, -0.25) is 9.59 Å². The molecule has 0 amide bonds. The Morgan fingerprint density at radius 2 is 1.84 bits per heavy atom. The highest BCUT2D eigenvalue weighted by Crippen LogP contribution is 2.67. The van der Waals surface area contributed by atoms with E-state index < -0.39 is 11.0 Å². The Hall–Kier alpha value is -0.740. The molecule has 4 rings (SSSR count). The Bertz CT molecular complexity index is 615. The van der Waals surface area contributed by atoms with E-state index in [1.165, 1.54) is 6.92 Å². The van der Waals surface area contributed by atoms with Crippen molar-refractivity contribution in [1.82, 2.24) is 0 Å². The number of carbonyl (C=O) groups is 2. The molecule has 0 radical (unpaired) electrons. The Labute approximate surface area is 150 Å². The predicted octanol–water partition coefficient (Wildman–Crippen LogP) is 2.89. The minimum Gasteiger partial charge on any atom is -0.393 e. The maximum Gasteiger partial charge on any atom is 0.161 e. The van der Waals surface area contributed by atoms with Gasteiger partial charge in [0.2, 0.25) is 0 Å². The lowest BCUT2D eigenvalue weighted by Crippen LogP contribution is -2.61. The summed E-state index contributed by atoms with van der Waals surface area (Å²) in [6, 6.07) is 0. The maximum atomic E-state index is 13.3. The minimum absolute atomic E-state index is 0.0164. The zero-order valence-electron chi connectivity index (χ0n) is 15.8. The number of ketones is 2. The highest BCUT2D eigenvalue weighted by atomic mass is 16.3. The van der Waals surface area contributed by atoms with E-state index in [4.69, 9.17) is 0 Å². The van der Waals surface area contributed by atoms with E-state index in [9.17, 15) is 19.8 Å². The second kappa shape index (κ2) is 5.39. The summed E-state index contributed by atoms with van der Waals surface area (Å²) in [5, 5.41) is 21.2. The first kappa shape index (κ1) is 17.7. The van der Waals surface area contributed by atoms with Gasteiger partial charge in [-0.2, -0.15) is 0 Å². The van der Waals surface area contributed by atoms with Gasteiger partial charge in [0.05, 0.1) is 6.10 Å². The SMILES string of the molecule is CC(=O)[C@]1(O)CC[C@H]2[C@@H]3CC[C@@H]4C[C@@H](O)CC[C@]4(C)[C@H]3C(=O)C[C@@]21C. The van der Waals surface area contributed by atoms with Gasteiger partial charge in [-0.25, -0.2) is 0 Å². The fraction of sp³-hybridized carbons (Fsp3) is 0.905. The largest absolute Gasteiger partial charge is 0.393 e. The Morgan fingerprint density at radius 1 is 1.12 bits per heavy atom. The van der Waals surface area contributed by atoms with Crippen molar-refractivity contribution in [2.24, 2.45) is 34.5 Å². The van der Waals surface area contributed by atoms with E-state index in [0.29, 0.717) is 18.8 Å². The molecule has 4 aliphatic carbocycles. The Kier molecular flexibility index (Phi) is 3.81. The van der Waals surface area contributed by atoms with Crippen LogP contribution >= 0.6 is 0 Å². The summed E-state index contributed by atoms with van der Waals surface area (Å²) >= 11 is 0. The van der Waals surface area contributed by atoms with Crippen molar-refractivity contribution in [1.29, 1.82) is 0 Å². The quantitative estimate of drug-likeness (QED) is 0.764. The van der Waals surface area contributed by atoms with Crippen molar-refractivity contribution in [3.8, 4) is 0 Å². The lowest BCUT2D eigenvalue weighted by Gasteiger charge is -2.60. The van der Waals surface area contributed by atoms with Crippen LogP contribution in [0.1, 0.15) is 72.1 Å². The number of hydrogen-bond donors (Lipinski definition) is 2. The van der Waals surface area contributed by atoms with Gasteiger partial charge in [0.1, 0.15) is 11.4 Å². The smallest absolute Gasteiger partial charge is 0.161 e. The summed E-state index contributed by atoms with van der Waals surface area (Å²) in [6.45, 7) is 5.73. The molecule has 0 bridgehead atoms. The summed E-state index contributed by atoms with van der Waals surface area (Å²) in [5.74, 6) is 1.10. The molecule has 4 nitrogen and oxygen atoms in total. The molecule has 4 saturated carbocycles. The average Bonchev–Trinajstić information content (AvgIpc) is 2.80. The number of aliphatic hydroxyl groups is 2. The van der Waals surface area contributed by atoms with Crippen LogP contribution in [0.2, 0.25) is 0 Å². The van der Waals surface area contributed by atoms with E-state index in [2.05, 4.69) is 6.92 Å². The Morgan fingerprint density at radius 3 is 2.52 bits per heavy atom. The molecule has 140 valence electrons. The molecule has 0 aliphatic heterocycles. The maximum absolute atomic E-state index is 13.3. The third kappa shape index (κ3) is 2.13. The third-order valence-corrected chi connectivity index (χ3v) is 9.06. The van der Waals surface area contributed by atoms with Crippen molar-refractivity contribution in [2.45, 2.75) is 83.8 Å². The summed E-state index contributed by atoms with van der Waals surface area (Å²) in [7, 11) is 0. The van der Waals surface area contributed by atoms with Crippen molar-refractivity contribution < 1.29 is 19.8 Å². The van der Waals surface area contributed by atoms with Crippen molar-refractivity contribution in [3.63, 3.8) is 0 Å². The number of rotatable bonds is 1. The van der Waals surface area contributed by atoms with E-state index >= 15 is 0 Å². The molecule has 0 aromatic rings. The van der Waals surface area contributed by atoms with Crippen LogP contribution in [0.5, 0.6) is 0 Å². The molecular formula is C21H32O4. The first-order chi connectivity index (χ1) is 11.6. The summed E-state index contributed by atoms with van der Waals surface area (Å²) in [6.07, 6.45) is 6.07. The number of hydrogen-bond acceptors (Lipinski definition) is 4. The van der Waals surface area contributed by atoms with Crippen LogP contribution < -0.4 is 0 Å². The second-order valence-corrected chi connectivity index (χ2v) is 9.97. The summed E-state index contributed by atoms with van der Waals surface area (Å²) in [5.41, 5.74) is -1.95. The molecule has 4 fully saturated rings. The zero-order chi connectivity index (χ0) is 18.2.